The smallest absolute Gasteiger partial charge is 0.236 e. The topological polar surface area (TPSA) is 50.4 Å². The van der Waals surface area contributed by atoms with Gasteiger partial charge in [0.05, 0.1) is 13.2 Å². The van der Waals surface area contributed by atoms with E-state index < -0.39 is 0 Å². The molecule has 0 spiro atoms. The van der Waals surface area contributed by atoms with Crippen LogP contribution in [0, 0.1) is 0 Å². The lowest BCUT2D eigenvalue weighted by Gasteiger charge is -2.29. The van der Waals surface area contributed by atoms with Crippen molar-refractivity contribution in [3.8, 4) is 5.75 Å². The molecule has 0 saturated heterocycles. The number of aryl methyl sites for hydroxylation is 1. The fourth-order valence-electron chi connectivity index (χ4n) is 2.67. The van der Waals surface area contributed by atoms with Crippen molar-refractivity contribution in [1.29, 1.82) is 0 Å². The number of ether oxygens (including phenoxy) is 1. The second-order valence-electron chi connectivity index (χ2n) is 5.01. The zero-order chi connectivity index (χ0) is 13.8. The number of carbonyl (C=O) groups is 1. The summed E-state index contributed by atoms with van der Waals surface area (Å²) in [6, 6.07) is 6.26. The normalized spacial score (nSPS) is 19.4. The number of hydrogen-bond donors (Lipinski definition) is 2. The van der Waals surface area contributed by atoms with Crippen molar-refractivity contribution >= 4 is 5.91 Å². The highest BCUT2D eigenvalue weighted by Gasteiger charge is 2.23. The second-order valence-corrected chi connectivity index (χ2v) is 5.01. The van der Waals surface area contributed by atoms with E-state index in [2.05, 4.69) is 22.8 Å². The Bertz CT molecular complexity index is 459. The Kier molecular flexibility index (Phi) is 4.43. The number of nitrogens with one attached hydrogen (secondary N) is 2. The number of rotatable bonds is 4. The maximum Gasteiger partial charge on any atom is 0.236 e. The molecular weight excluding hydrogens is 240 g/mol. The molecule has 19 heavy (non-hydrogen) atoms. The van der Waals surface area contributed by atoms with Crippen molar-refractivity contribution in [3.63, 3.8) is 0 Å². The number of likely N-dealkylation sites (N-methyl/N-ethyl adjacent to an activating group) is 1. The van der Waals surface area contributed by atoms with Gasteiger partial charge in [0, 0.05) is 13.1 Å². The van der Waals surface area contributed by atoms with Gasteiger partial charge in [-0.3, -0.25) is 10.1 Å². The third kappa shape index (κ3) is 3.07. The van der Waals surface area contributed by atoms with E-state index in [1.807, 2.05) is 13.0 Å². The molecule has 1 aromatic rings. The van der Waals surface area contributed by atoms with E-state index in [1.54, 1.807) is 14.2 Å². The van der Waals surface area contributed by atoms with E-state index in [-0.39, 0.29) is 18.0 Å². The van der Waals surface area contributed by atoms with Crippen LogP contribution in [0.15, 0.2) is 18.2 Å². The van der Waals surface area contributed by atoms with Crippen molar-refractivity contribution < 1.29 is 9.53 Å². The first-order chi connectivity index (χ1) is 9.15. The Morgan fingerprint density at radius 1 is 1.47 bits per heavy atom. The molecule has 0 aromatic heterocycles. The maximum absolute atomic E-state index is 11.6. The minimum Gasteiger partial charge on any atom is -0.497 e. The van der Waals surface area contributed by atoms with Gasteiger partial charge in [-0.1, -0.05) is 6.07 Å². The van der Waals surface area contributed by atoms with Crippen LogP contribution < -0.4 is 15.4 Å². The van der Waals surface area contributed by atoms with Crippen LogP contribution in [0.1, 0.15) is 36.9 Å². The van der Waals surface area contributed by atoms with Crippen molar-refractivity contribution in [3.05, 3.63) is 29.3 Å². The van der Waals surface area contributed by atoms with E-state index in [0.29, 0.717) is 0 Å². The van der Waals surface area contributed by atoms with Gasteiger partial charge in [0.2, 0.25) is 5.91 Å². The molecule has 104 valence electrons. The van der Waals surface area contributed by atoms with E-state index in [1.165, 1.54) is 11.1 Å². The number of amides is 1. The SMILES string of the molecule is CNC(=O)C(C)NC1CCCc2ccc(OC)cc21. The number of carbonyl (C=O) groups excluding carboxylic acids is 1. The molecule has 4 nitrogen and oxygen atoms in total. The standard InChI is InChI=1S/C15H22N2O2/c1-10(15(18)16-2)17-14-6-4-5-11-7-8-12(19-3)9-13(11)14/h7-10,14,17H,4-6H2,1-3H3,(H,16,18). The Labute approximate surface area is 114 Å². The molecular formula is C15H22N2O2. The Balaban J connectivity index is 2.18. The third-order valence-corrected chi connectivity index (χ3v) is 3.76. The van der Waals surface area contributed by atoms with Crippen molar-refractivity contribution in [1.82, 2.24) is 10.6 Å². The largest absolute Gasteiger partial charge is 0.497 e. The maximum atomic E-state index is 11.6. The van der Waals surface area contributed by atoms with E-state index in [9.17, 15) is 4.79 Å². The third-order valence-electron chi connectivity index (χ3n) is 3.76. The van der Waals surface area contributed by atoms with Crippen LogP contribution in [-0.2, 0) is 11.2 Å². The van der Waals surface area contributed by atoms with Crippen LogP contribution in [0.4, 0.5) is 0 Å². The number of hydrogen-bond acceptors (Lipinski definition) is 3. The zero-order valence-corrected chi connectivity index (χ0v) is 11.8. The second kappa shape index (κ2) is 6.06. The lowest BCUT2D eigenvalue weighted by atomic mass is 9.87. The van der Waals surface area contributed by atoms with E-state index in [0.717, 1.165) is 25.0 Å². The molecule has 2 N–H and O–H groups in total. The van der Waals surface area contributed by atoms with Crippen LogP contribution in [0.25, 0.3) is 0 Å². The van der Waals surface area contributed by atoms with Crippen molar-refractivity contribution in [2.45, 2.75) is 38.3 Å². The lowest BCUT2D eigenvalue weighted by Crippen LogP contribution is -2.43. The molecule has 1 aliphatic rings. The zero-order valence-electron chi connectivity index (χ0n) is 11.8. The highest BCUT2D eigenvalue weighted by atomic mass is 16.5. The molecule has 1 aliphatic carbocycles. The fourth-order valence-corrected chi connectivity index (χ4v) is 2.67. The summed E-state index contributed by atoms with van der Waals surface area (Å²) >= 11 is 0. The Morgan fingerprint density at radius 2 is 2.26 bits per heavy atom. The molecule has 0 radical (unpaired) electrons. The molecule has 0 fully saturated rings. The molecule has 0 aliphatic heterocycles. The van der Waals surface area contributed by atoms with Gasteiger partial charge in [-0.15, -0.1) is 0 Å². The molecule has 0 saturated carbocycles. The Morgan fingerprint density at radius 3 is 2.95 bits per heavy atom. The van der Waals surface area contributed by atoms with Gasteiger partial charge in [0.25, 0.3) is 0 Å². The van der Waals surface area contributed by atoms with Gasteiger partial charge in [-0.2, -0.15) is 0 Å². The predicted octanol–water partition coefficient (Wildman–Crippen LogP) is 1.80. The molecule has 2 unspecified atom stereocenters. The van der Waals surface area contributed by atoms with Crippen LogP contribution in [0.5, 0.6) is 5.75 Å². The van der Waals surface area contributed by atoms with Crippen molar-refractivity contribution in [2.24, 2.45) is 0 Å². The summed E-state index contributed by atoms with van der Waals surface area (Å²) in [6.07, 6.45) is 3.31. The summed E-state index contributed by atoms with van der Waals surface area (Å²) in [7, 11) is 3.35. The first-order valence-corrected chi connectivity index (χ1v) is 6.80. The summed E-state index contributed by atoms with van der Waals surface area (Å²) < 4.78 is 5.30. The minimum atomic E-state index is -0.188. The summed E-state index contributed by atoms with van der Waals surface area (Å²) in [5.41, 5.74) is 2.62. The van der Waals surface area contributed by atoms with Gasteiger partial charge in [-0.05, 0) is 49.4 Å². The molecule has 1 amide bonds. The molecule has 4 heteroatoms. The number of benzene rings is 1. The van der Waals surface area contributed by atoms with Gasteiger partial charge >= 0.3 is 0 Å². The van der Waals surface area contributed by atoms with E-state index in [4.69, 9.17) is 4.74 Å². The van der Waals surface area contributed by atoms with Gasteiger partial charge in [0.1, 0.15) is 5.75 Å². The van der Waals surface area contributed by atoms with Gasteiger partial charge in [-0.25, -0.2) is 0 Å². The molecule has 1 aromatic carbocycles. The average Bonchev–Trinajstić information content (AvgIpc) is 2.46. The summed E-state index contributed by atoms with van der Waals surface area (Å²) in [6.45, 7) is 1.90. The van der Waals surface area contributed by atoms with Crippen LogP contribution in [0.2, 0.25) is 0 Å². The molecule has 0 heterocycles. The Hall–Kier alpha value is -1.55. The highest BCUT2D eigenvalue weighted by molar-refractivity contribution is 5.81. The van der Waals surface area contributed by atoms with Crippen molar-refractivity contribution in [2.75, 3.05) is 14.2 Å². The molecule has 2 rings (SSSR count). The van der Waals surface area contributed by atoms with E-state index >= 15 is 0 Å². The first-order valence-electron chi connectivity index (χ1n) is 6.80. The number of methoxy groups -OCH3 is 1. The van der Waals surface area contributed by atoms with Gasteiger partial charge < -0.3 is 10.1 Å². The predicted molar refractivity (Wildman–Crippen MR) is 75.3 cm³/mol. The first kappa shape index (κ1) is 13.9. The fraction of sp³-hybridized carbons (Fsp3) is 0.533. The highest BCUT2D eigenvalue weighted by Crippen LogP contribution is 2.32. The quantitative estimate of drug-likeness (QED) is 0.870. The summed E-state index contributed by atoms with van der Waals surface area (Å²) in [5, 5.41) is 6.08. The van der Waals surface area contributed by atoms with Gasteiger partial charge in [0.15, 0.2) is 0 Å². The molecule has 2 atom stereocenters. The van der Waals surface area contributed by atoms with Crippen LogP contribution >= 0.6 is 0 Å². The monoisotopic (exact) mass is 262 g/mol. The number of fused-ring (bicyclic) bond motifs is 1. The van der Waals surface area contributed by atoms with Crippen LogP contribution in [0.3, 0.4) is 0 Å². The summed E-state index contributed by atoms with van der Waals surface area (Å²) in [4.78, 5) is 11.6. The lowest BCUT2D eigenvalue weighted by molar-refractivity contribution is -0.122. The summed E-state index contributed by atoms with van der Waals surface area (Å²) in [5.74, 6) is 0.898. The average molecular weight is 262 g/mol. The minimum absolute atomic E-state index is 0.0232. The van der Waals surface area contributed by atoms with Crippen LogP contribution in [-0.4, -0.2) is 26.1 Å². The molecule has 0 bridgehead atoms.